The highest BCUT2D eigenvalue weighted by atomic mass is 16.1. The van der Waals surface area contributed by atoms with Gasteiger partial charge in [0.25, 0.3) is 0 Å². The summed E-state index contributed by atoms with van der Waals surface area (Å²) in [6.45, 7) is 9.40. The zero-order chi connectivity index (χ0) is 11.3. The molecule has 86 valence electrons. The van der Waals surface area contributed by atoms with Gasteiger partial charge in [-0.15, -0.1) is 0 Å². The van der Waals surface area contributed by atoms with Crippen molar-refractivity contribution in [3.8, 4) is 0 Å². The van der Waals surface area contributed by atoms with E-state index in [9.17, 15) is 4.79 Å². The lowest BCUT2D eigenvalue weighted by atomic mass is 10.1. The highest BCUT2D eigenvalue weighted by Crippen LogP contribution is 2.17. The fourth-order valence-corrected chi connectivity index (χ4v) is 1.95. The van der Waals surface area contributed by atoms with E-state index in [2.05, 4.69) is 24.1 Å². The molecule has 0 aromatic heterocycles. The number of hydrogen-bond donors (Lipinski definition) is 1. The molecule has 1 rings (SSSR count). The highest BCUT2D eigenvalue weighted by molar-refractivity contribution is 5.87. The number of likely N-dealkylation sites (tertiary alicyclic amines) is 1. The first-order chi connectivity index (χ1) is 7.13. The van der Waals surface area contributed by atoms with E-state index in [-0.39, 0.29) is 5.91 Å². The second kappa shape index (κ2) is 5.91. The summed E-state index contributed by atoms with van der Waals surface area (Å²) < 4.78 is 0. The summed E-state index contributed by atoms with van der Waals surface area (Å²) in [4.78, 5) is 13.7. The molecule has 1 aliphatic rings. The second-order valence-electron chi connectivity index (χ2n) is 4.49. The molecule has 0 aromatic carbocycles. The number of carbonyl (C=O) groups is 1. The highest BCUT2D eigenvalue weighted by Gasteiger charge is 2.23. The first-order valence-corrected chi connectivity index (χ1v) is 5.78. The van der Waals surface area contributed by atoms with E-state index in [1.165, 1.54) is 13.0 Å². The summed E-state index contributed by atoms with van der Waals surface area (Å²) in [5.74, 6) is 0.655. The second-order valence-corrected chi connectivity index (χ2v) is 4.49. The van der Waals surface area contributed by atoms with Crippen molar-refractivity contribution >= 4 is 5.91 Å². The summed E-state index contributed by atoms with van der Waals surface area (Å²) in [6, 6.07) is 0.626. The smallest absolute Gasteiger partial charge is 0.243 e. The van der Waals surface area contributed by atoms with E-state index in [4.69, 9.17) is 0 Å². The van der Waals surface area contributed by atoms with Crippen molar-refractivity contribution in [2.24, 2.45) is 5.92 Å². The predicted molar refractivity (Wildman–Crippen MR) is 62.6 cm³/mol. The minimum Gasteiger partial charge on any atom is -0.352 e. The van der Waals surface area contributed by atoms with Crippen LogP contribution in [0.5, 0.6) is 0 Å². The zero-order valence-corrected chi connectivity index (χ0v) is 9.99. The predicted octanol–water partition coefficient (Wildman–Crippen LogP) is 1.41. The summed E-state index contributed by atoms with van der Waals surface area (Å²) >= 11 is 0. The normalized spacial score (nSPS) is 22.8. The van der Waals surface area contributed by atoms with Crippen LogP contribution < -0.4 is 5.32 Å². The largest absolute Gasteiger partial charge is 0.352 e. The molecule has 0 saturated carbocycles. The molecule has 3 heteroatoms. The van der Waals surface area contributed by atoms with E-state index in [1.807, 2.05) is 6.92 Å². The molecule has 0 bridgehead atoms. The molecule has 15 heavy (non-hydrogen) atoms. The van der Waals surface area contributed by atoms with Crippen molar-refractivity contribution in [3.63, 3.8) is 0 Å². The van der Waals surface area contributed by atoms with Crippen LogP contribution in [-0.2, 0) is 4.79 Å². The molecule has 0 radical (unpaired) electrons. The van der Waals surface area contributed by atoms with Crippen LogP contribution in [0.25, 0.3) is 0 Å². The van der Waals surface area contributed by atoms with Gasteiger partial charge in [0.05, 0.1) is 0 Å². The third kappa shape index (κ3) is 4.04. The Balaban J connectivity index is 2.22. The molecule has 1 fully saturated rings. The standard InChI is InChI=1S/C12H22N2O/c1-4-5-12(15)13-8-11-6-7-14(9-11)10(2)3/h4-5,10-11H,6-9H2,1-3H3,(H,13,15). The maximum Gasteiger partial charge on any atom is 0.243 e. The lowest BCUT2D eigenvalue weighted by Gasteiger charge is -2.20. The molecule has 1 heterocycles. The summed E-state index contributed by atoms with van der Waals surface area (Å²) in [7, 11) is 0. The first kappa shape index (κ1) is 12.2. The topological polar surface area (TPSA) is 32.3 Å². The van der Waals surface area contributed by atoms with Gasteiger partial charge in [0.15, 0.2) is 0 Å². The van der Waals surface area contributed by atoms with Gasteiger partial charge in [0.2, 0.25) is 5.91 Å². The van der Waals surface area contributed by atoms with Gasteiger partial charge in [-0.05, 0) is 45.7 Å². The van der Waals surface area contributed by atoms with Gasteiger partial charge >= 0.3 is 0 Å². The van der Waals surface area contributed by atoms with Gasteiger partial charge < -0.3 is 10.2 Å². The Labute approximate surface area is 92.5 Å². The fraction of sp³-hybridized carbons (Fsp3) is 0.750. The Morgan fingerprint density at radius 3 is 2.87 bits per heavy atom. The fourth-order valence-electron chi connectivity index (χ4n) is 1.95. The first-order valence-electron chi connectivity index (χ1n) is 5.78. The van der Waals surface area contributed by atoms with Crippen LogP contribution in [0.15, 0.2) is 12.2 Å². The van der Waals surface area contributed by atoms with Gasteiger partial charge in [0, 0.05) is 19.1 Å². The van der Waals surface area contributed by atoms with E-state index in [0.717, 1.165) is 13.1 Å². The van der Waals surface area contributed by atoms with Crippen molar-refractivity contribution in [1.29, 1.82) is 0 Å². The monoisotopic (exact) mass is 210 g/mol. The van der Waals surface area contributed by atoms with Crippen LogP contribution in [-0.4, -0.2) is 36.5 Å². The summed E-state index contributed by atoms with van der Waals surface area (Å²) in [5, 5.41) is 2.93. The molecule has 0 aliphatic carbocycles. The third-order valence-electron chi connectivity index (χ3n) is 2.93. The molecule has 1 saturated heterocycles. The number of nitrogens with one attached hydrogen (secondary N) is 1. The Morgan fingerprint density at radius 2 is 2.33 bits per heavy atom. The lowest BCUT2D eigenvalue weighted by molar-refractivity contribution is -0.116. The molecule has 0 spiro atoms. The lowest BCUT2D eigenvalue weighted by Crippen LogP contribution is -2.32. The number of rotatable bonds is 4. The van der Waals surface area contributed by atoms with Gasteiger partial charge in [-0.2, -0.15) is 0 Å². The van der Waals surface area contributed by atoms with Gasteiger partial charge in [-0.1, -0.05) is 6.08 Å². The van der Waals surface area contributed by atoms with Crippen LogP contribution in [0.4, 0.5) is 0 Å². The Bertz CT molecular complexity index is 236. The average molecular weight is 210 g/mol. The van der Waals surface area contributed by atoms with Crippen LogP contribution >= 0.6 is 0 Å². The van der Waals surface area contributed by atoms with Crippen molar-refractivity contribution < 1.29 is 4.79 Å². The molecule has 1 aliphatic heterocycles. The van der Waals surface area contributed by atoms with E-state index in [1.54, 1.807) is 12.2 Å². The Kier molecular flexibility index (Phi) is 4.82. The van der Waals surface area contributed by atoms with Crippen molar-refractivity contribution in [3.05, 3.63) is 12.2 Å². The van der Waals surface area contributed by atoms with Crippen LogP contribution in [0.1, 0.15) is 27.2 Å². The van der Waals surface area contributed by atoms with Gasteiger partial charge in [-0.25, -0.2) is 0 Å². The number of hydrogen-bond acceptors (Lipinski definition) is 2. The quantitative estimate of drug-likeness (QED) is 0.712. The molecule has 0 aromatic rings. The van der Waals surface area contributed by atoms with E-state index < -0.39 is 0 Å². The van der Waals surface area contributed by atoms with Crippen LogP contribution in [0.3, 0.4) is 0 Å². The van der Waals surface area contributed by atoms with Gasteiger partial charge in [-0.3, -0.25) is 4.79 Å². The van der Waals surface area contributed by atoms with Crippen LogP contribution in [0, 0.1) is 5.92 Å². The molecule has 1 unspecified atom stereocenters. The number of allylic oxidation sites excluding steroid dienone is 1. The summed E-state index contributed by atoms with van der Waals surface area (Å²) in [5.41, 5.74) is 0. The average Bonchev–Trinajstić information content (AvgIpc) is 2.63. The maximum atomic E-state index is 11.2. The molecular formula is C12H22N2O. The number of carbonyl (C=O) groups excluding carboxylic acids is 1. The number of amides is 1. The number of nitrogens with zero attached hydrogens (tertiary/aromatic N) is 1. The molecule has 1 atom stereocenters. The minimum atomic E-state index is 0.0282. The third-order valence-corrected chi connectivity index (χ3v) is 2.93. The molecule has 1 N–H and O–H groups in total. The minimum absolute atomic E-state index is 0.0282. The molecule has 3 nitrogen and oxygen atoms in total. The van der Waals surface area contributed by atoms with Crippen molar-refractivity contribution in [2.75, 3.05) is 19.6 Å². The van der Waals surface area contributed by atoms with E-state index in [0.29, 0.717) is 12.0 Å². The summed E-state index contributed by atoms with van der Waals surface area (Å²) in [6.07, 6.45) is 4.55. The SMILES string of the molecule is CC=CC(=O)NCC1CCN(C(C)C)C1. The van der Waals surface area contributed by atoms with E-state index >= 15 is 0 Å². The Morgan fingerprint density at radius 1 is 1.60 bits per heavy atom. The zero-order valence-electron chi connectivity index (χ0n) is 9.99. The van der Waals surface area contributed by atoms with Gasteiger partial charge in [0.1, 0.15) is 0 Å². The van der Waals surface area contributed by atoms with Crippen molar-refractivity contribution in [1.82, 2.24) is 10.2 Å². The molecular weight excluding hydrogens is 188 g/mol. The van der Waals surface area contributed by atoms with Crippen molar-refractivity contribution in [2.45, 2.75) is 33.2 Å². The molecule has 1 amide bonds. The van der Waals surface area contributed by atoms with Crippen LogP contribution in [0.2, 0.25) is 0 Å². The maximum absolute atomic E-state index is 11.2. The Hall–Kier alpha value is -0.830.